The topological polar surface area (TPSA) is 44.8 Å². The minimum Gasteiger partial charge on any atom is -0.287 e. The van der Waals surface area contributed by atoms with Crippen molar-refractivity contribution in [1.29, 1.82) is 0 Å². The van der Waals surface area contributed by atoms with Crippen LogP contribution >= 0.6 is 7.82 Å². The van der Waals surface area contributed by atoms with Gasteiger partial charge in [0.15, 0.2) is 0 Å². The van der Waals surface area contributed by atoms with Crippen molar-refractivity contribution >= 4 is 7.82 Å². The Balaban J connectivity index is 1.52. The third-order valence-corrected chi connectivity index (χ3v) is 9.01. The van der Waals surface area contributed by atoms with E-state index in [1.807, 2.05) is 36.4 Å². The molecular formula is C37H53O4P. The van der Waals surface area contributed by atoms with E-state index in [0.717, 1.165) is 51.4 Å². The second kappa shape index (κ2) is 20.6. The summed E-state index contributed by atoms with van der Waals surface area (Å²) in [6, 6.07) is 27.7. The molecule has 230 valence electrons. The summed E-state index contributed by atoms with van der Waals surface area (Å²) in [6.45, 7) is 5.54. The van der Waals surface area contributed by atoms with Crippen LogP contribution in [0.1, 0.15) is 99.5 Å². The van der Waals surface area contributed by atoms with E-state index in [9.17, 15) is 4.57 Å². The third-order valence-electron chi connectivity index (χ3n) is 7.51. The van der Waals surface area contributed by atoms with Crippen molar-refractivity contribution in [2.24, 2.45) is 0 Å². The van der Waals surface area contributed by atoms with Crippen molar-refractivity contribution in [1.82, 2.24) is 0 Å². The highest BCUT2D eigenvalue weighted by molar-refractivity contribution is 7.48. The molecule has 0 bridgehead atoms. The SMILES string of the molecule is CCCCCc1cc(CCCCC)cc(CCCOP(=O)(OCCCc2ccccc2)OCCCc2ccccc2)c1. The van der Waals surface area contributed by atoms with Gasteiger partial charge >= 0.3 is 7.82 Å². The molecule has 0 spiro atoms. The fraction of sp³-hybridized carbons (Fsp3) is 0.514. The van der Waals surface area contributed by atoms with Gasteiger partial charge < -0.3 is 0 Å². The van der Waals surface area contributed by atoms with Crippen LogP contribution in [0.2, 0.25) is 0 Å². The zero-order valence-electron chi connectivity index (χ0n) is 26.1. The van der Waals surface area contributed by atoms with Gasteiger partial charge in [-0.25, -0.2) is 4.57 Å². The average molecular weight is 593 g/mol. The molecule has 0 heterocycles. The summed E-state index contributed by atoms with van der Waals surface area (Å²) in [7, 11) is -3.64. The Labute approximate surface area is 255 Å². The Bertz CT molecular complexity index is 1070. The molecule has 3 rings (SSSR count). The second-order valence-corrected chi connectivity index (χ2v) is 13.0. The highest BCUT2D eigenvalue weighted by atomic mass is 31.2. The predicted octanol–water partition coefficient (Wildman–Crippen LogP) is 10.5. The number of rotatable bonds is 23. The highest BCUT2D eigenvalue weighted by Crippen LogP contribution is 2.49. The lowest BCUT2D eigenvalue weighted by molar-refractivity contribution is 0.110. The van der Waals surface area contributed by atoms with Crippen molar-refractivity contribution in [3.05, 3.63) is 107 Å². The monoisotopic (exact) mass is 592 g/mol. The van der Waals surface area contributed by atoms with Crippen LogP contribution in [0.25, 0.3) is 0 Å². The molecule has 0 aliphatic rings. The first-order valence-electron chi connectivity index (χ1n) is 16.3. The van der Waals surface area contributed by atoms with Crippen LogP contribution in [0, 0.1) is 0 Å². The molecule has 42 heavy (non-hydrogen) atoms. The Hall–Kier alpha value is -2.23. The van der Waals surface area contributed by atoms with E-state index in [2.05, 4.69) is 56.3 Å². The van der Waals surface area contributed by atoms with E-state index in [-0.39, 0.29) is 0 Å². The van der Waals surface area contributed by atoms with Gasteiger partial charge in [0.25, 0.3) is 0 Å². The van der Waals surface area contributed by atoms with Crippen molar-refractivity contribution in [2.45, 2.75) is 104 Å². The highest BCUT2D eigenvalue weighted by Gasteiger charge is 2.26. The minimum atomic E-state index is -3.64. The Morgan fingerprint density at radius 2 is 0.786 bits per heavy atom. The molecule has 0 aromatic heterocycles. The molecule has 0 saturated carbocycles. The lowest BCUT2D eigenvalue weighted by atomic mass is 9.96. The van der Waals surface area contributed by atoms with Crippen LogP contribution in [0.5, 0.6) is 0 Å². The van der Waals surface area contributed by atoms with Crippen LogP contribution in [-0.2, 0) is 50.2 Å². The molecule has 0 saturated heterocycles. The molecule has 5 heteroatoms. The molecule has 3 aromatic carbocycles. The van der Waals surface area contributed by atoms with Gasteiger partial charge in [-0.3, -0.25) is 13.6 Å². The molecule has 0 aliphatic carbocycles. The molecular weight excluding hydrogens is 539 g/mol. The number of phosphoric acid groups is 1. The van der Waals surface area contributed by atoms with Gasteiger partial charge in [0, 0.05) is 0 Å². The Morgan fingerprint density at radius 3 is 1.14 bits per heavy atom. The number of benzene rings is 3. The first-order valence-corrected chi connectivity index (χ1v) is 17.8. The first-order chi connectivity index (χ1) is 20.6. The van der Waals surface area contributed by atoms with Gasteiger partial charge in [-0.2, -0.15) is 0 Å². The maximum atomic E-state index is 13.6. The quantitative estimate of drug-likeness (QED) is 0.0812. The van der Waals surface area contributed by atoms with Crippen LogP contribution in [0.4, 0.5) is 0 Å². The van der Waals surface area contributed by atoms with Gasteiger partial charge in [0.2, 0.25) is 0 Å². The number of aryl methyl sites for hydroxylation is 5. The van der Waals surface area contributed by atoms with E-state index < -0.39 is 7.82 Å². The molecule has 3 aromatic rings. The average Bonchev–Trinajstić information content (AvgIpc) is 3.01. The first kappa shape index (κ1) is 34.3. The number of hydrogen-bond donors (Lipinski definition) is 0. The van der Waals surface area contributed by atoms with Crippen molar-refractivity contribution in [2.75, 3.05) is 19.8 Å². The van der Waals surface area contributed by atoms with E-state index in [1.165, 1.54) is 66.3 Å². The summed E-state index contributed by atoms with van der Waals surface area (Å²) in [5, 5.41) is 0. The van der Waals surface area contributed by atoms with Crippen molar-refractivity contribution < 1.29 is 18.1 Å². The zero-order chi connectivity index (χ0) is 29.7. The van der Waals surface area contributed by atoms with E-state index in [4.69, 9.17) is 13.6 Å². The lowest BCUT2D eigenvalue weighted by Crippen LogP contribution is -2.06. The largest absolute Gasteiger partial charge is 0.474 e. The molecule has 0 atom stereocenters. The van der Waals surface area contributed by atoms with E-state index in [0.29, 0.717) is 19.8 Å². The van der Waals surface area contributed by atoms with Gasteiger partial charge in [-0.15, -0.1) is 0 Å². The number of unbranched alkanes of at least 4 members (excludes halogenated alkanes) is 4. The van der Waals surface area contributed by atoms with Crippen LogP contribution in [0.3, 0.4) is 0 Å². The van der Waals surface area contributed by atoms with Crippen LogP contribution in [-0.4, -0.2) is 19.8 Å². The lowest BCUT2D eigenvalue weighted by Gasteiger charge is -2.18. The maximum Gasteiger partial charge on any atom is 0.474 e. The van der Waals surface area contributed by atoms with Gasteiger partial charge in [0.1, 0.15) is 0 Å². The summed E-state index contributed by atoms with van der Waals surface area (Å²) in [4.78, 5) is 0. The molecule has 0 aliphatic heterocycles. The standard InChI is InChI=1S/C37H53O4P/c1-3-5-9-22-35-30-36(23-10-6-4-2)32-37(31-35)26-17-29-41-42(38,39-27-15-24-33-18-11-7-12-19-33)40-28-16-25-34-20-13-8-14-21-34/h7-8,11-14,18-21,30-32H,3-6,9-10,15-17,22-29H2,1-2H3. The summed E-state index contributed by atoms with van der Waals surface area (Å²) in [5.41, 5.74) is 6.73. The second-order valence-electron chi connectivity index (χ2n) is 11.3. The summed E-state index contributed by atoms with van der Waals surface area (Å²) in [5.74, 6) is 0. The molecule has 0 N–H and O–H groups in total. The Kier molecular flexibility index (Phi) is 16.8. The molecule has 0 radical (unpaired) electrons. The number of hydrogen-bond acceptors (Lipinski definition) is 4. The predicted molar refractivity (Wildman–Crippen MR) is 176 cm³/mol. The molecule has 0 amide bonds. The van der Waals surface area contributed by atoms with Crippen molar-refractivity contribution in [3.63, 3.8) is 0 Å². The van der Waals surface area contributed by atoms with Crippen LogP contribution < -0.4 is 0 Å². The van der Waals surface area contributed by atoms with Crippen LogP contribution in [0.15, 0.2) is 78.9 Å². The zero-order valence-corrected chi connectivity index (χ0v) is 27.0. The van der Waals surface area contributed by atoms with E-state index in [1.54, 1.807) is 0 Å². The fourth-order valence-electron chi connectivity index (χ4n) is 5.19. The summed E-state index contributed by atoms with van der Waals surface area (Å²) in [6.07, 6.45) is 14.7. The minimum absolute atomic E-state index is 0.339. The summed E-state index contributed by atoms with van der Waals surface area (Å²) < 4.78 is 31.1. The third kappa shape index (κ3) is 14.3. The maximum absolute atomic E-state index is 13.6. The molecule has 0 fully saturated rings. The Morgan fingerprint density at radius 1 is 0.452 bits per heavy atom. The van der Waals surface area contributed by atoms with E-state index >= 15 is 0 Å². The molecule has 0 unspecified atom stereocenters. The van der Waals surface area contributed by atoms with Crippen molar-refractivity contribution in [3.8, 4) is 0 Å². The fourth-order valence-corrected chi connectivity index (χ4v) is 6.47. The summed E-state index contributed by atoms with van der Waals surface area (Å²) >= 11 is 0. The number of phosphoric ester groups is 1. The van der Waals surface area contributed by atoms with Gasteiger partial charge in [-0.05, 0) is 92.0 Å². The normalized spacial score (nSPS) is 11.7. The molecule has 4 nitrogen and oxygen atoms in total. The van der Waals surface area contributed by atoms with Gasteiger partial charge in [0.05, 0.1) is 19.8 Å². The smallest absolute Gasteiger partial charge is 0.287 e. The van der Waals surface area contributed by atoms with Gasteiger partial charge in [-0.1, -0.05) is 118 Å².